The van der Waals surface area contributed by atoms with Crippen LogP contribution in [0.3, 0.4) is 0 Å². The Morgan fingerprint density at radius 1 is 1.10 bits per heavy atom. The third-order valence-electron chi connectivity index (χ3n) is 6.38. The molecule has 2 amide bonds. The monoisotopic (exact) mass is 577 g/mol. The van der Waals surface area contributed by atoms with Gasteiger partial charge in [-0.15, -0.1) is 17.9 Å². The molecule has 0 unspecified atom stereocenters. The minimum atomic E-state index is -0.908. The zero-order valence-corrected chi connectivity index (χ0v) is 24.5. The Morgan fingerprint density at radius 3 is 2.44 bits per heavy atom. The Bertz CT molecular complexity index is 1300. The summed E-state index contributed by atoms with van der Waals surface area (Å²) < 4.78 is 11.9. The van der Waals surface area contributed by atoms with Crippen LogP contribution in [0.2, 0.25) is 0 Å². The summed E-state index contributed by atoms with van der Waals surface area (Å²) in [7, 11) is 0. The second kappa shape index (κ2) is 15.8. The molecule has 2 aromatic carbocycles. The van der Waals surface area contributed by atoms with E-state index in [0.29, 0.717) is 38.2 Å². The van der Waals surface area contributed by atoms with Crippen LogP contribution in [-0.4, -0.2) is 55.3 Å². The maximum Gasteiger partial charge on any atom is 0.256 e. The first kappa shape index (κ1) is 31.7. The van der Waals surface area contributed by atoms with E-state index in [1.165, 1.54) is 16.1 Å². The lowest BCUT2D eigenvalue weighted by Gasteiger charge is -2.34. The van der Waals surface area contributed by atoms with Crippen molar-refractivity contribution < 1.29 is 19.1 Å². The molecule has 4 rings (SSSR count). The number of hydrogen-bond donors (Lipinski definition) is 4. The van der Waals surface area contributed by atoms with E-state index in [4.69, 9.17) is 14.9 Å². The summed E-state index contributed by atoms with van der Waals surface area (Å²) in [5, 5.41) is 12.2. The first-order valence-corrected chi connectivity index (χ1v) is 14.3. The fraction of sp³-hybridized carbons (Fsp3) is 0.323. The summed E-state index contributed by atoms with van der Waals surface area (Å²) in [6.45, 7) is 9.33. The fourth-order valence-corrected chi connectivity index (χ4v) is 5.11. The van der Waals surface area contributed by atoms with E-state index >= 15 is 0 Å². The maximum atomic E-state index is 13.4. The number of ether oxygens (including phenoxy) is 2. The molecule has 9 nitrogen and oxygen atoms in total. The molecule has 1 aromatic heterocycles. The van der Waals surface area contributed by atoms with Crippen molar-refractivity contribution in [1.82, 2.24) is 15.8 Å². The third kappa shape index (κ3) is 9.65. The van der Waals surface area contributed by atoms with Crippen LogP contribution in [0.5, 0.6) is 0 Å². The van der Waals surface area contributed by atoms with Crippen LogP contribution in [0.15, 0.2) is 72.6 Å². The minimum absolute atomic E-state index is 0.165. The Hall–Kier alpha value is -3.83. The summed E-state index contributed by atoms with van der Waals surface area (Å²) in [5.41, 5.74) is 12.4. The molecule has 3 aromatic rings. The van der Waals surface area contributed by atoms with Crippen LogP contribution < -0.4 is 16.5 Å². The molecule has 218 valence electrons. The van der Waals surface area contributed by atoms with Gasteiger partial charge in [0, 0.05) is 23.4 Å². The van der Waals surface area contributed by atoms with Gasteiger partial charge in [-0.2, -0.15) is 0 Å². The normalized spacial score (nSPS) is 13.5. The van der Waals surface area contributed by atoms with Crippen molar-refractivity contribution in [1.29, 1.82) is 5.41 Å². The highest BCUT2D eigenvalue weighted by Gasteiger charge is 2.39. The van der Waals surface area contributed by atoms with Crippen molar-refractivity contribution >= 4 is 29.5 Å². The number of nitrogens with zero attached hydrogens (tertiary/aromatic N) is 1. The molecule has 1 aliphatic rings. The van der Waals surface area contributed by atoms with Crippen LogP contribution in [0.1, 0.15) is 39.2 Å². The molecule has 5 N–H and O–H groups in total. The predicted molar refractivity (Wildman–Crippen MR) is 164 cm³/mol. The summed E-state index contributed by atoms with van der Waals surface area (Å²) >= 11 is 1.63. The average Bonchev–Trinajstić information content (AvgIpc) is 3.62. The van der Waals surface area contributed by atoms with Crippen molar-refractivity contribution in [2.75, 3.05) is 26.3 Å². The second-order valence-corrected chi connectivity index (χ2v) is 10.6. The van der Waals surface area contributed by atoms with Crippen LogP contribution in [0, 0.1) is 19.3 Å². The van der Waals surface area contributed by atoms with Gasteiger partial charge in [0.1, 0.15) is 0 Å². The smallest absolute Gasteiger partial charge is 0.256 e. The summed E-state index contributed by atoms with van der Waals surface area (Å²) in [5.74, 6) is -1.50. The highest BCUT2D eigenvalue weighted by atomic mass is 32.1. The van der Waals surface area contributed by atoms with Crippen LogP contribution >= 0.6 is 11.3 Å². The van der Waals surface area contributed by atoms with Gasteiger partial charge in [0.2, 0.25) is 0 Å². The number of rotatable bonds is 12. The molecule has 0 saturated carbocycles. The highest BCUT2D eigenvalue weighted by molar-refractivity contribution is 7.10. The van der Waals surface area contributed by atoms with Gasteiger partial charge in [-0.25, -0.2) is 5.43 Å². The van der Waals surface area contributed by atoms with Gasteiger partial charge in [0.15, 0.2) is 5.79 Å². The molecule has 1 saturated heterocycles. The van der Waals surface area contributed by atoms with Gasteiger partial charge in [-0.05, 0) is 60.5 Å². The minimum Gasteiger partial charge on any atom is -0.390 e. The number of benzene rings is 2. The van der Waals surface area contributed by atoms with E-state index < -0.39 is 5.79 Å². The van der Waals surface area contributed by atoms with Gasteiger partial charge in [0.25, 0.3) is 11.8 Å². The molecular formula is C31H39N5O4S. The maximum absolute atomic E-state index is 13.4. The molecule has 2 heterocycles. The predicted octanol–water partition coefficient (Wildman–Crippen LogP) is 4.56. The number of nitrogens with one attached hydrogen (secondary N) is 3. The first-order valence-electron chi connectivity index (χ1n) is 13.4. The van der Waals surface area contributed by atoms with Crippen LogP contribution in [0.4, 0.5) is 0 Å². The lowest BCUT2D eigenvalue weighted by molar-refractivity contribution is -0.185. The molecule has 0 radical (unpaired) electrons. The Kier molecular flexibility index (Phi) is 12.2. The second-order valence-electron chi connectivity index (χ2n) is 9.64. The molecule has 1 aliphatic heterocycles. The van der Waals surface area contributed by atoms with Crippen LogP contribution in [-0.2, 0) is 20.8 Å². The third-order valence-corrected chi connectivity index (χ3v) is 7.44. The number of thiophene rings is 1. The van der Waals surface area contributed by atoms with E-state index in [0.717, 1.165) is 22.3 Å². The number of carbonyl (C=O) groups excluding carboxylic acids is 2. The Labute approximate surface area is 245 Å². The van der Waals surface area contributed by atoms with Gasteiger partial charge in [-0.1, -0.05) is 48.0 Å². The number of hydrogen-bond acceptors (Lipinski definition) is 7. The highest BCUT2D eigenvalue weighted by Crippen LogP contribution is 2.27. The van der Waals surface area contributed by atoms with Gasteiger partial charge < -0.3 is 20.5 Å². The molecule has 41 heavy (non-hydrogen) atoms. The summed E-state index contributed by atoms with van der Waals surface area (Å²) in [4.78, 5) is 27.4. The van der Waals surface area contributed by atoms with E-state index in [9.17, 15) is 9.59 Å². The van der Waals surface area contributed by atoms with E-state index in [1.807, 2.05) is 62.4 Å². The zero-order chi connectivity index (χ0) is 29.7. The Morgan fingerprint density at radius 2 is 1.80 bits per heavy atom. The number of allylic oxidation sites excluding steroid dienone is 1. The average molecular weight is 578 g/mol. The number of nitrogens with two attached hydrogens (primary N) is 1. The van der Waals surface area contributed by atoms with Crippen molar-refractivity contribution in [2.24, 2.45) is 5.73 Å². The molecular weight excluding hydrogens is 538 g/mol. The number of amides is 2. The molecule has 0 spiro atoms. The molecule has 1 fully saturated rings. The first-order chi connectivity index (χ1) is 19.8. The quantitative estimate of drug-likeness (QED) is 0.108. The fourth-order valence-electron chi connectivity index (χ4n) is 4.30. The molecule has 0 bridgehead atoms. The lowest BCUT2D eigenvalue weighted by Crippen LogP contribution is -2.54. The molecule has 10 heteroatoms. The van der Waals surface area contributed by atoms with Crippen LogP contribution in [0.25, 0.3) is 11.1 Å². The largest absolute Gasteiger partial charge is 0.390 e. The Balaban J connectivity index is 0.00000147. The van der Waals surface area contributed by atoms with Crippen molar-refractivity contribution in [3.63, 3.8) is 0 Å². The number of carbonyl (C=O) groups is 2. The van der Waals surface area contributed by atoms with Crippen molar-refractivity contribution in [3.8, 4) is 11.1 Å². The lowest BCUT2D eigenvalue weighted by atomic mass is 10.0. The summed E-state index contributed by atoms with van der Waals surface area (Å²) in [6, 6.07) is 17.6. The van der Waals surface area contributed by atoms with Crippen molar-refractivity contribution in [2.45, 2.75) is 39.0 Å². The van der Waals surface area contributed by atoms with Gasteiger partial charge in [0.05, 0.1) is 32.6 Å². The van der Waals surface area contributed by atoms with Gasteiger partial charge >= 0.3 is 0 Å². The molecule has 0 aliphatic carbocycles. The van der Waals surface area contributed by atoms with E-state index in [-0.39, 0.29) is 24.9 Å². The molecule has 0 atom stereocenters. The zero-order valence-electron chi connectivity index (χ0n) is 23.7. The number of hydrazine groups is 1. The van der Waals surface area contributed by atoms with E-state index in [1.54, 1.807) is 17.4 Å². The number of aryl methyl sites for hydroxylation is 2. The standard InChI is InChI=1S/C30H35N3O4S.CH4N2/c1-4-5-13-30(36-14-15-37-30)21-33(32-18-27-16-23(3)20-38-27)28(34)19-31-29(35)26-8-6-7-25(17-26)24-11-9-22(2)10-12-24;2-1-3/h4,6-12,16-17,20,32H,1,5,13-15,18-19,21H2,2-3H3,(H,31,35);1H,(H3,2,3). The van der Waals surface area contributed by atoms with Gasteiger partial charge in [-0.3, -0.25) is 20.0 Å². The van der Waals surface area contributed by atoms with Crippen molar-refractivity contribution in [3.05, 3.63) is 94.2 Å². The topological polar surface area (TPSA) is 130 Å². The SMILES string of the molecule is C=CCCC1(CN(NCc2cc(C)cs2)C(=O)CNC(=O)c2cccc(-c3ccc(C)cc3)c2)OCCO1.N=CN. The summed E-state index contributed by atoms with van der Waals surface area (Å²) in [6.07, 6.45) is 3.84. The van der Waals surface area contributed by atoms with E-state index in [2.05, 4.69) is 34.5 Å².